The van der Waals surface area contributed by atoms with Gasteiger partial charge in [-0.3, -0.25) is 0 Å². The van der Waals surface area contributed by atoms with Gasteiger partial charge in [-0.2, -0.15) is 0 Å². The molecule has 0 atom stereocenters. The Hall–Kier alpha value is -1.87. The first-order valence-corrected chi connectivity index (χ1v) is 6.46. The van der Waals surface area contributed by atoms with Crippen LogP contribution in [0, 0.1) is 0 Å². The van der Waals surface area contributed by atoms with Gasteiger partial charge in [-0.15, -0.1) is 0 Å². The fourth-order valence-electron chi connectivity index (χ4n) is 1.73. The zero-order valence-corrected chi connectivity index (χ0v) is 11.5. The van der Waals surface area contributed by atoms with Crippen molar-refractivity contribution in [1.82, 2.24) is 0 Å². The highest BCUT2D eigenvalue weighted by atomic mass is 35.5. The summed E-state index contributed by atoms with van der Waals surface area (Å²) < 4.78 is 11.2. The van der Waals surface area contributed by atoms with Gasteiger partial charge >= 0.3 is 0 Å². The second-order valence-corrected chi connectivity index (χ2v) is 4.48. The van der Waals surface area contributed by atoms with E-state index in [0.29, 0.717) is 23.9 Å². The molecule has 0 aliphatic heterocycles. The van der Waals surface area contributed by atoms with Crippen molar-refractivity contribution in [2.75, 3.05) is 12.3 Å². The number of ether oxygens (including phenoxy) is 2. The van der Waals surface area contributed by atoms with Crippen LogP contribution in [0.15, 0.2) is 42.5 Å². The van der Waals surface area contributed by atoms with Crippen molar-refractivity contribution < 1.29 is 9.47 Å². The number of anilines is 1. The molecule has 0 bridgehead atoms. The van der Waals surface area contributed by atoms with E-state index in [1.807, 2.05) is 37.3 Å². The van der Waals surface area contributed by atoms with Crippen LogP contribution in [0.25, 0.3) is 0 Å². The largest absolute Gasteiger partial charge is 0.493 e. The van der Waals surface area contributed by atoms with Gasteiger partial charge in [0.25, 0.3) is 0 Å². The first kappa shape index (κ1) is 13.6. The Morgan fingerprint density at radius 2 is 1.95 bits per heavy atom. The van der Waals surface area contributed by atoms with Gasteiger partial charge in [-0.1, -0.05) is 17.7 Å². The summed E-state index contributed by atoms with van der Waals surface area (Å²) in [5.41, 5.74) is 7.39. The molecule has 0 amide bonds. The van der Waals surface area contributed by atoms with E-state index in [-0.39, 0.29) is 0 Å². The lowest BCUT2D eigenvalue weighted by Crippen LogP contribution is -2.02. The van der Waals surface area contributed by atoms with Crippen molar-refractivity contribution in [1.29, 1.82) is 0 Å². The highest BCUT2D eigenvalue weighted by Crippen LogP contribution is 2.24. The molecule has 0 aromatic heterocycles. The van der Waals surface area contributed by atoms with Crippen LogP contribution in [0.1, 0.15) is 12.5 Å². The Balaban J connectivity index is 2.12. The molecule has 100 valence electrons. The van der Waals surface area contributed by atoms with Crippen LogP contribution < -0.4 is 15.2 Å². The van der Waals surface area contributed by atoms with Gasteiger partial charge in [0.2, 0.25) is 0 Å². The zero-order valence-electron chi connectivity index (χ0n) is 10.7. The molecule has 0 unspecified atom stereocenters. The Morgan fingerprint density at radius 3 is 2.68 bits per heavy atom. The van der Waals surface area contributed by atoms with E-state index >= 15 is 0 Å². The van der Waals surface area contributed by atoms with Gasteiger partial charge in [-0.05, 0) is 43.3 Å². The predicted molar refractivity (Wildman–Crippen MR) is 77.8 cm³/mol. The third-order valence-corrected chi connectivity index (χ3v) is 2.81. The van der Waals surface area contributed by atoms with E-state index in [2.05, 4.69) is 0 Å². The SMILES string of the molecule is CCOc1ccc(N)cc1COc1cccc(Cl)c1. The van der Waals surface area contributed by atoms with Crippen molar-refractivity contribution in [3.8, 4) is 11.5 Å². The summed E-state index contributed by atoms with van der Waals surface area (Å²) in [5.74, 6) is 1.51. The minimum absolute atomic E-state index is 0.390. The number of hydrogen-bond acceptors (Lipinski definition) is 3. The molecule has 2 rings (SSSR count). The molecule has 2 N–H and O–H groups in total. The maximum absolute atomic E-state index is 5.91. The van der Waals surface area contributed by atoms with Crippen LogP contribution in [0.2, 0.25) is 5.02 Å². The molecular weight excluding hydrogens is 262 g/mol. The van der Waals surface area contributed by atoms with Crippen LogP contribution in [0.3, 0.4) is 0 Å². The number of hydrogen-bond donors (Lipinski definition) is 1. The average Bonchev–Trinajstić information content (AvgIpc) is 2.39. The summed E-state index contributed by atoms with van der Waals surface area (Å²) in [6.07, 6.45) is 0. The number of nitrogen functional groups attached to an aromatic ring is 1. The smallest absolute Gasteiger partial charge is 0.126 e. The first-order valence-electron chi connectivity index (χ1n) is 6.08. The maximum Gasteiger partial charge on any atom is 0.126 e. The van der Waals surface area contributed by atoms with E-state index < -0.39 is 0 Å². The lowest BCUT2D eigenvalue weighted by molar-refractivity contribution is 0.286. The van der Waals surface area contributed by atoms with Gasteiger partial charge in [0, 0.05) is 16.3 Å². The van der Waals surface area contributed by atoms with Crippen LogP contribution in [0.4, 0.5) is 5.69 Å². The highest BCUT2D eigenvalue weighted by Gasteiger charge is 2.05. The Labute approximate surface area is 117 Å². The second kappa shape index (κ2) is 6.34. The minimum Gasteiger partial charge on any atom is -0.493 e. The summed E-state index contributed by atoms with van der Waals surface area (Å²) in [4.78, 5) is 0. The van der Waals surface area contributed by atoms with Gasteiger partial charge in [0.05, 0.1) is 6.61 Å². The summed E-state index contributed by atoms with van der Waals surface area (Å²) in [6, 6.07) is 12.8. The maximum atomic E-state index is 5.91. The highest BCUT2D eigenvalue weighted by molar-refractivity contribution is 6.30. The van der Waals surface area contributed by atoms with Gasteiger partial charge < -0.3 is 15.2 Å². The number of nitrogens with two attached hydrogens (primary N) is 1. The normalized spacial score (nSPS) is 10.2. The fraction of sp³-hybridized carbons (Fsp3) is 0.200. The van der Waals surface area contributed by atoms with Crippen LogP contribution in [-0.2, 0) is 6.61 Å². The molecule has 4 heteroatoms. The fourth-order valence-corrected chi connectivity index (χ4v) is 1.91. The molecule has 0 fully saturated rings. The molecular formula is C15H16ClNO2. The summed E-state index contributed by atoms with van der Waals surface area (Å²) >= 11 is 5.91. The third-order valence-electron chi connectivity index (χ3n) is 2.57. The van der Waals surface area contributed by atoms with Gasteiger partial charge in [0.1, 0.15) is 18.1 Å². The van der Waals surface area contributed by atoms with Crippen molar-refractivity contribution in [2.24, 2.45) is 0 Å². The van der Waals surface area contributed by atoms with Crippen LogP contribution in [-0.4, -0.2) is 6.61 Å². The van der Waals surface area contributed by atoms with Crippen molar-refractivity contribution in [3.05, 3.63) is 53.1 Å². The van der Waals surface area contributed by atoms with Crippen LogP contribution >= 0.6 is 11.6 Å². The molecule has 2 aromatic rings. The summed E-state index contributed by atoms with van der Waals surface area (Å²) in [7, 11) is 0. The minimum atomic E-state index is 0.390. The second-order valence-electron chi connectivity index (χ2n) is 4.05. The van der Waals surface area contributed by atoms with E-state index in [1.165, 1.54) is 0 Å². The molecule has 3 nitrogen and oxygen atoms in total. The Kier molecular flexibility index (Phi) is 4.53. The Morgan fingerprint density at radius 1 is 1.11 bits per heavy atom. The molecule has 0 saturated heterocycles. The molecule has 0 spiro atoms. The average molecular weight is 278 g/mol. The van der Waals surface area contributed by atoms with E-state index in [0.717, 1.165) is 17.1 Å². The monoisotopic (exact) mass is 277 g/mol. The summed E-state index contributed by atoms with van der Waals surface area (Å²) in [6.45, 7) is 2.94. The molecule has 0 aliphatic carbocycles. The predicted octanol–water partition coefficient (Wildman–Crippen LogP) is 3.90. The molecule has 2 aromatic carbocycles. The lowest BCUT2D eigenvalue weighted by Gasteiger charge is -2.12. The first-order chi connectivity index (χ1) is 9.19. The van der Waals surface area contributed by atoms with Gasteiger partial charge in [0.15, 0.2) is 0 Å². The topological polar surface area (TPSA) is 44.5 Å². The molecule has 0 radical (unpaired) electrons. The Bertz CT molecular complexity index is 558. The molecule has 0 aliphatic rings. The van der Waals surface area contributed by atoms with E-state index in [9.17, 15) is 0 Å². The number of rotatable bonds is 5. The van der Waals surface area contributed by atoms with Gasteiger partial charge in [-0.25, -0.2) is 0 Å². The third kappa shape index (κ3) is 3.80. The molecule has 0 saturated carbocycles. The van der Waals surface area contributed by atoms with Crippen LogP contribution in [0.5, 0.6) is 11.5 Å². The van der Waals surface area contributed by atoms with E-state index in [4.69, 9.17) is 26.8 Å². The summed E-state index contributed by atoms with van der Waals surface area (Å²) in [5, 5.41) is 0.648. The van der Waals surface area contributed by atoms with Crippen molar-refractivity contribution in [2.45, 2.75) is 13.5 Å². The number of halogens is 1. The van der Waals surface area contributed by atoms with Crippen molar-refractivity contribution >= 4 is 17.3 Å². The zero-order chi connectivity index (χ0) is 13.7. The van der Waals surface area contributed by atoms with Crippen molar-refractivity contribution in [3.63, 3.8) is 0 Å². The quantitative estimate of drug-likeness (QED) is 0.843. The standard InChI is InChI=1S/C15H16ClNO2/c1-2-18-15-7-6-13(17)8-11(15)10-19-14-5-3-4-12(16)9-14/h3-9H,2,10,17H2,1H3. The van der Waals surface area contributed by atoms with E-state index in [1.54, 1.807) is 12.1 Å². The molecule has 19 heavy (non-hydrogen) atoms. The number of benzene rings is 2. The lowest BCUT2D eigenvalue weighted by atomic mass is 10.2. The molecule has 0 heterocycles.